The summed E-state index contributed by atoms with van der Waals surface area (Å²) in [7, 11) is -5.48. The monoisotopic (exact) mass is 454 g/mol. The molecule has 0 fully saturated rings. The molecule has 0 radical (unpaired) electrons. The first-order chi connectivity index (χ1) is 14.2. The molecule has 156 valence electrons. The van der Waals surface area contributed by atoms with Gasteiger partial charge in [-0.3, -0.25) is 0 Å². The molecule has 0 spiro atoms. The van der Waals surface area contributed by atoms with Crippen molar-refractivity contribution in [3.63, 3.8) is 0 Å². The molecule has 2 heterocycles. The number of nitrogens with zero attached hydrogens (tertiary/aromatic N) is 3. The van der Waals surface area contributed by atoms with Gasteiger partial charge in [-0.15, -0.1) is 21.5 Å². The second-order valence-corrected chi connectivity index (χ2v) is 9.07. The number of aromatic nitrogens is 3. The summed E-state index contributed by atoms with van der Waals surface area (Å²) >= 11 is 1.43. The minimum atomic E-state index is -5.48. The lowest BCUT2D eigenvalue weighted by atomic mass is 10.1. The average Bonchev–Trinajstić information content (AvgIpc) is 3.32. The molecule has 0 bridgehead atoms. The molecule has 30 heavy (non-hydrogen) atoms. The molecule has 4 aromatic rings. The molecule has 2 aromatic heterocycles. The molecule has 4 rings (SSSR count). The van der Waals surface area contributed by atoms with Gasteiger partial charge >= 0.3 is 15.5 Å². The number of alkyl halides is 3. The van der Waals surface area contributed by atoms with Crippen LogP contribution >= 0.6 is 11.3 Å². The van der Waals surface area contributed by atoms with Gasteiger partial charge in [-0.1, -0.05) is 36.4 Å². The molecule has 7 nitrogen and oxygen atoms in total. The Morgan fingerprint density at radius 1 is 1.00 bits per heavy atom. The summed E-state index contributed by atoms with van der Waals surface area (Å²) in [6, 6.07) is 15.8. The third-order valence-electron chi connectivity index (χ3n) is 4.07. The standard InChI is InChI=1S/C18H13F3N4O3S2/c19-18(20,21)30(26,27)22-10-16-25-24-15(28-16)9-17-23-13-7-6-12(8-14(13)29-17)11-4-2-1-3-5-11/h1-8,22H,9-10H2. The van der Waals surface area contributed by atoms with Gasteiger partial charge in [-0.05, 0) is 23.3 Å². The van der Waals surface area contributed by atoms with Gasteiger partial charge in [-0.2, -0.15) is 17.9 Å². The second-order valence-electron chi connectivity index (χ2n) is 6.19. The van der Waals surface area contributed by atoms with Gasteiger partial charge < -0.3 is 4.42 Å². The van der Waals surface area contributed by atoms with Crippen molar-refractivity contribution >= 4 is 31.6 Å². The molecule has 0 atom stereocenters. The third-order valence-corrected chi connectivity index (χ3v) is 6.22. The van der Waals surface area contributed by atoms with Crippen molar-refractivity contribution in [2.75, 3.05) is 0 Å². The van der Waals surface area contributed by atoms with E-state index in [4.69, 9.17) is 4.42 Å². The first kappa shape index (κ1) is 20.4. The van der Waals surface area contributed by atoms with E-state index in [1.807, 2.05) is 48.5 Å². The normalized spacial score (nSPS) is 12.5. The zero-order valence-electron chi connectivity index (χ0n) is 15.0. The van der Waals surface area contributed by atoms with Gasteiger partial charge in [0.15, 0.2) is 0 Å². The summed E-state index contributed by atoms with van der Waals surface area (Å²) in [6.07, 6.45) is 0.180. The van der Waals surface area contributed by atoms with Gasteiger partial charge in [0.25, 0.3) is 0 Å². The molecule has 1 N–H and O–H groups in total. The van der Waals surface area contributed by atoms with Crippen molar-refractivity contribution in [1.82, 2.24) is 19.9 Å². The molecule has 0 aliphatic rings. The van der Waals surface area contributed by atoms with Crippen LogP contribution in [0, 0.1) is 0 Å². The lowest BCUT2D eigenvalue weighted by molar-refractivity contribution is -0.0448. The SMILES string of the molecule is O=S(=O)(NCc1nnc(Cc2nc3ccc(-c4ccccc4)cc3s2)o1)C(F)(F)F. The highest BCUT2D eigenvalue weighted by molar-refractivity contribution is 7.90. The largest absolute Gasteiger partial charge is 0.511 e. The third kappa shape index (κ3) is 4.35. The zero-order valence-corrected chi connectivity index (χ0v) is 16.7. The quantitative estimate of drug-likeness (QED) is 0.475. The fourth-order valence-electron chi connectivity index (χ4n) is 2.66. The van der Waals surface area contributed by atoms with Crippen molar-refractivity contribution in [3.8, 4) is 11.1 Å². The smallest absolute Gasteiger partial charge is 0.423 e. The Bertz CT molecular complexity index is 1290. The van der Waals surface area contributed by atoms with Crippen molar-refractivity contribution in [1.29, 1.82) is 0 Å². The first-order valence-electron chi connectivity index (χ1n) is 8.53. The van der Waals surface area contributed by atoms with Crippen LogP contribution in [0.1, 0.15) is 16.8 Å². The Balaban J connectivity index is 1.47. The Morgan fingerprint density at radius 3 is 2.47 bits per heavy atom. The van der Waals surface area contributed by atoms with E-state index in [1.165, 1.54) is 16.1 Å². The van der Waals surface area contributed by atoms with E-state index in [2.05, 4.69) is 15.2 Å². The Hall–Kier alpha value is -2.83. The van der Waals surface area contributed by atoms with Gasteiger partial charge in [-0.25, -0.2) is 13.4 Å². The molecule has 0 saturated heterocycles. The summed E-state index contributed by atoms with van der Waals surface area (Å²) in [5.74, 6) is -0.149. The highest BCUT2D eigenvalue weighted by Gasteiger charge is 2.45. The summed E-state index contributed by atoms with van der Waals surface area (Å²) in [6.45, 7) is -0.755. The van der Waals surface area contributed by atoms with Crippen molar-refractivity contribution < 1.29 is 26.0 Å². The number of thiazole rings is 1. The van der Waals surface area contributed by atoms with Gasteiger partial charge in [0.2, 0.25) is 11.8 Å². The number of sulfonamides is 1. The summed E-state index contributed by atoms with van der Waals surface area (Å²) in [5.41, 5.74) is -2.48. The maximum Gasteiger partial charge on any atom is 0.511 e. The van der Waals surface area contributed by atoms with E-state index in [-0.39, 0.29) is 18.2 Å². The predicted molar refractivity (Wildman–Crippen MR) is 104 cm³/mol. The zero-order chi connectivity index (χ0) is 21.4. The molecule has 0 unspecified atom stereocenters. The molecule has 0 amide bonds. The minimum absolute atomic E-state index is 0.124. The Kier molecular flexibility index (Phi) is 5.30. The van der Waals surface area contributed by atoms with E-state index in [0.717, 1.165) is 21.3 Å². The van der Waals surface area contributed by atoms with E-state index in [9.17, 15) is 21.6 Å². The number of benzene rings is 2. The van der Waals surface area contributed by atoms with E-state index < -0.39 is 22.1 Å². The van der Waals surface area contributed by atoms with Crippen LogP contribution in [0.4, 0.5) is 13.2 Å². The second kappa shape index (κ2) is 7.78. The number of nitrogens with one attached hydrogen (secondary N) is 1. The summed E-state index contributed by atoms with van der Waals surface area (Å²) in [4.78, 5) is 4.50. The van der Waals surface area contributed by atoms with Crippen LogP contribution in [-0.4, -0.2) is 29.1 Å². The Labute approximate surface area is 172 Å². The average molecular weight is 454 g/mol. The van der Waals surface area contributed by atoms with Gasteiger partial charge in [0.1, 0.15) is 5.01 Å². The molecule has 0 aliphatic carbocycles. The highest BCUT2D eigenvalue weighted by Crippen LogP contribution is 2.29. The predicted octanol–water partition coefficient (Wildman–Crippen LogP) is 3.88. The van der Waals surface area contributed by atoms with Crippen LogP contribution in [-0.2, 0) is 23.0 Å². The molecular weight excluding hydrogens is 441 g/mol. The number of rotatable bonds is 6. The van der Waals surface area contributed by atoms with E-state index in [0.29, 0.717) is 5.01 Å². The number of hydrogen-bond acceptors (Lipinski definition) is 7. The van der Waals surface area contributed by atoms with Crippen LogP contribution in [0.3, 0.4) is 0 Å². The molecule has 12 heteroatoms. The van der Waals surface area contributed by atoms with Crippen molar-refractivity contribution in [2.24, 2.45) is 0 Å². The van der Waals surface area contributed by atoms with Crippen molar-refractivity contribution in [3.05, 3.63) is 65.3 Å². The van der Waals surface area contributed by atoms with Crippen LogP contribution in [0.15, 0.2) is 52.9 Å². The van der Waals surface area contributed by atoms with Crippen molar-refractivity contribution in [2.45, 2.75) is 18.5 Å². The van der Waals surface area contributed by atoms with Crippen LogP contribution in [0.2, 0.25) is 0 Å². The maximum atomic E-state index is 12.3. The fraction of sp³-hybridized carbons (Fsp3) is 0.167. The summed E-state index contributed by atoms with van der Waals surface area (Å²) < 4.78 is 66.6. The molecular formula is C18H13F3N4O3S2. The fourth-order valence-corrected chi connectivity index (χ4v) is 4.13. The molecule has 0 saturated carbocycles. The first-order valence-corrected chi connectivity index (χ1v) is 10.8. The van der Waals surface area contributed by atoms with E-state index in [1.54, 1.807) is 0 Å². The lowest BCUT2D eigenvalue weighted by Crippen LogP contribution is -2.36. The molecule has 0 aliphatic heterocycles. The van der Waals surface area contributed by atoms with Crippen LogP contribution < -0.4 is 4.72 Å². The maximum absolute atomic E-state index is 12.3. The summed E-state index contributed by atoms with van der Waals surface area (Å²) in [5, 5.41) is 8.00. The number of fused-ring (bicyclic) bond motifs is 1. The van der Waals surface area contributed by atoms with Crippen LogP contribution in [0.25, 0.3) is 21.3 Å². The number of halogens is 3. The van der Waals surface area contributed by atoms with Crippen LogP contribution in [0.5, 0.6) is 0 Å². The van der Waals surface area contributed by atoms with E-state index >= 15 is 0 Å². The number of hydrogen-bond donors (Lipinski definition) is 1. The van der Waals surface area contributed by atoms with Gasteiger partial charge in [0.05, 0.1) is 23.2 Å². The Morgan fingerprint density at radius 2 is 1.73 bits per heavy atom. The lowest BCUT2D eigenvalue weighted by Gasteiger charge is -2.07. The highest BCUT2D eigenvalue weighted by atomic mass is 32.2. The molecule has 2 aromatic carbocycles. The minimum Gasteiger partial charge on any atom is -0.423 e. The van der Waals surface area contributed by atoms with Gasteiger partial charge in [0, 0.05) is 0 Å². The topological polar surface area (TPSA) is 98.0 Å².